The number of hydrogen-bond donors (Lipinski definition) is 2. The smallest absolute Gasteiger partial charge is 0.323 e. The number of para-hydroxylation sites is 1. The SMILES string of the molecule is CC(Oc1ccc(NC(=O)Nc2c(F)cccc2F)cc1-c1c(Cl)cnn1C)N1CCOCC1. The summed E-state index contributed by atoms with van der Waals surface area (Å²) in [5, 5.41) is 9.38. The molecule has 2 amide bonds. The largest absolute Gasteiger partial charge is 0.475 e. The monoisotopic (exact) mass is 491 g/mol. The van der Waals surface area contributed by atoms with Crippen LogP contribution in [-0.4, -0.2) is 53.2 Å². The Morgan fingerprint density at radius 2 is 1.88 bits per heavy atom. The quantitative estimate of drug-likeness (QED) is 0.521. The lowest BCUT2D eigenvalue weighted by molar-refractivity contribution is -0.0371. The van der Waals surface area contributed by atoms with E-state index in [0.717, 1.165) is 25.2 Å². The van der Waals surface area contributed by atoms with Crippen LogP contribution in [0.5, 0.6) is 5.75 Å². The van der Waals surface area contributed by atoms with Gasteiger partial charge in [0.25, 0.3) is 0 Å². The Morgan fingerprint density at radius 3 is 2.53 bits per heavy atom. The Hall–Kier alpha value is -3.21. The molecular weight excluding hydrogens is 468 g/mol. The van der Waals surface area contributed by atoms with E-state index in [1.807, 2.05) is 6.92 Å². The van der Waals surface area contributed by atoms with E-state index in [1.165, 1.54) is 12.3 Å². The Balaban J connectivity index is 1.59. The number of halogens is 3. The summed E-state index contributed by atoms with van der Waals surface area (Å²) in [7, 11) is 1.74. The lowest BCUT2D eigenvalue weighted by Gasteiger charge is -2.32. The first-order valence-corrected chi connectivity index (χ1v) is 11.0. The maximum atomic E-state index is 13.9. The number of carbonyl (C=O) groups excluding carboxylic acids is 1. The molecule has 0 aliphatic carbocycles. The van der Waals surface area contributed by atoms with Crippen molar-refractivity contribution >= 4 is 29.0 Å². The van der Waals surface area contributed by atoms with Gasteiger partial charge in [-0.2, -0.15) is 5.10 Å². The predicted molar refractivity (Wildman–Crippen MR) is 125 cm³/mol. The molecule has 0 saturated carbocycles. The van der Waals surface area contributed by atoms with Gasteiger partial charge in [-0.05, 0) is 37.3 Å². The minimum absolute atomic E-state index is 0.235. The molecule has 1 saturated heterocycles. The number of rotatable bonds is 6. The van der Waals surface area contributed by atoms with Crippen molar-refractivity contribution in [3.63, 3.8) is 0 Å². The van der Waals surface area contributed by atoms with Gasteiger partial charge < -0.3 is 20.1 Å². The standard InChI is InChI=1S/C23H24ClF2N5O3/c1-14(31-8-10-33-11-9-31)34-20-7-6-15(12-16(20)22-17(24)13-27-30(22)2)28-23(32)29-21-18(25)4-3-5-19(21)26/h3-7,12-14H,8-11H2,1-2H3,(H2,28,29,32). The van der Waals surface area contributed by atoms with Crippen molar-refractivity contribution < 1.29 is 23.0 Å². The third-order valence-corrected chi connectivity index (χ3v) is 5.72. The first-order chi connectivity index (χ1) is 16.3. The van der Waals surface area contributed by atoms with Crippen molar-refractivity contribution in [2.45, 2.75) is 13.2 Å². The zero-order chi connectivity index (χ0) is 24.2. The number of nitrogens with zero attached hydrogens (tertiary/aromatic N) is 3. The van der Waals surface area contributed by atoms with Gasteiger partial charge in [0.05, 0.1) is 30.1 Å². The third kappa shape index (κ3) is 5.30. The van der Waals surface area contributed by atoms with Gasteiger partial charge in [0.15, 0.2) is 0 Å². The second-order valence-electron chi connectivity index (χ2n) is 7.72. The van der Waals surface area contributed by atoms with Crippen molar-refractivity contribution in [2.24, 2.45) is 7.05 Å². The molecule has 1 aliphatic heterocycles. The molecule has 0 bridgehead atoms. The van der Waals surface area contributed by atoms with Crippen LogP contribution in [0, 0.1) is 11.6 Å². The topological polar surface area (TPSA) is 80.7 Å². The minimum Gasteiger partial charge on any atom is -0.475 e. The zero-order valence-electron chi connectivity index (χ0n) is 18.6. The van der Waals surface area contributed by atoms with Crippen LogP contribution >= 0.6 is 11.6 Å². The summed E-state index contributed by atoms with van der Waals surface area (Å²) < 4.78 is 41.0. The molecular formula is C23H24ClF2N5O3. The fraction of sp³-hybridized carbons (Fsp3) is 0.304. The van der Waals surface area contributed by atoms with Gasteiger partial charge in [0.2, 0.25) is 0 Å². The van der Waals surface area contributed by atoms with E-state index in [2.05, 4.69) is 20.6 Å². The highest BCUT2D eigenvalue weighted by Crippen LogP contribution is 2.37. The third-order valence-electron chi connectivity index (χ3n) is 5.45. The molecule has 0 spiro atoms. The minimum atomic E-state index is -0.877. The van der Waals surface area contributed by atoms with Crippen molar-refractivity contribution in [2.75, 3.05) is 36.9 Å². The summed E-state index contributed by atoms with van der Waals surface area (Å²) in [6, 6.07) is 7.53. The molecule has 1 unspecified atom stereocenters. The fourth-order valence-electron chi connectivity index (χ4n) is 3.70. The number of carbonyl (C=O) groups is 1. The van der Waals surface area contributed by atoms with Crippen LogP contribution in [0.15, 0.2) is 42.6 Å². The number of ether oxygens (including phenoxy) is 2. The zero-order valence-corrected chi connectivity index (χ0v) is 19.4. The lowest BCUT2D eigenvalue weighted by Crippen LogP contribution is -2.44. The van der Waals surface area contributed by atoms with Crippen molar-refractivity contribution in [3.8, 4) is 17.0 Å². The molecule has 2 aromatic carbocycles. The molecule has 180 valence electrons. The van der Waals surface area contributed by atoms with Gasteiger partial charge in [-0.25, -0.2) is 13.6 Å². The van der Waals surface area contributed by atoms with Crippen LogP contribution in [-0.2, 0) is 11.8 Å². The normalized spacial score (nSPS) is 15.1. The van der Waals surface area contributed by atoms with Crippen LogP contribution in [0.2, 0.25) is 5.02 Å². The first-order valence-electron chi connectivity index (χ1n) is 10.7. The first kappa shape index (κ1) is 23.9. The predicted octanol–water partition coefficient (Wildman–Crippen LogP) is 4.72. The number of hydrogen-bond acceptors (Lipinski definition) is 5. The number of anilines is 2. The van der Waals surface area contributed by atoms with E-state index >= 15 is 0 Å². The van der Waals surface area contributed by atoms with Crippen LogP contribution in [0.25, 0.3) is 11.3 Å². The Labute approximate surface area is 200 Å². The summed E-state index contributed by atoms with van der Waals surface area (Å²) in [4.78, 5) is 14.6. The average Bonchev–Trinajstić information content (AvgIpc) is 3.15. The van der Waals surface area contributed by atoms with Gasteiger partial charge >= 0.3 is 6.03 Å². The summed E-state index contributed by atoms with van der Waals surface area (Å²) >= 11 is 6.39. The highest BCUT2D eigenvalue weighted by molar-refractivity contribution is 6.33. The highest BCUT2D eigenvalue weighted by Gasteiger charge is 2.22. The number of urea groups is 1. The van der Waals surface area contributed by atoms with E-state index in [-0.39, 0.29) is 6.23 Å². The van der Waals surface area contributed by atoms with E-state index in [4.69, 9.17) is 21.1 Å². The molecule has 8 nitrogen and oxygen atoms in total. The molecule has 1 aromatic heterocycles. The number of amides is 2. The van der Waals surface area contributed by atoms with E-state index < -0.39 is 23.4 Å². The van der Waals surface area contributed by atoms with E-state index in [9.17, 15) is 13.6 Å². The average molecular weight is 492 g/mol. The van der Waals surface area contributed by atoms with Gasteiger partial charge in [-0.15, -0.1) is 0 Å². The Morgan fingerprint density at radius 1 is 1.18 bits per heavy atom. The van der Waals surface area contributed by atoms with E-state index in [0.29, 0.717) is 40.9 Å². The van der Waals surface area contributed by atoms with Crippen LogP contribution in [0.3, 0.4) is 0 Å². The Kier molecular flexibility index (Phi) is 7.30. The number of aryl methyl sites for hydroxylation is 1. The number of morpholine rings is 1. The molecule has 1 aliphatic rings. The summed E-state index contributed by atoms with van der Waals surface area (Å²) in [6.07, 6.45) is 1.28. The second kappa shape index (κ2) is 10.4. The van der Waals surface area contributed by atoms with Gasteiger partial charge in [-0.3, -0.25) is 9.58 Å². The van der Waals surface area contributed by atoms with E-state index in [1.54, 1.807) is 29.9 Å². The van der Waals surface area contributed by atoms with Gasteiger partial charge in [-0.1, -0.05) is 17.7 Å². The van der Waals surface area contributed by atoms with Gasteiger partial charge in [0, 0.05) is 31.4 Å². The molecule has 2 heterocycles. The van der Waals surface area contributed by atoms with Gasteiger partial charge in [0.1, 0.15) is 29.3 Å². The van der Waals surface area contributed by atoms with Crippen LogP contribution in [0.1, 0.15) is 6.92 Å². The fourth-order valence-corrected chi connectivity index (χ4v) is 3.97. The molecule has 1 fully saturated rings. The van der Waals surface area contributed by atoms with Crippen molar-refractivity contribution in [1.82, 2.24) is 14.7 Å². The van der Waals surface area contributed by atoms with Crippen molar-refractivity contribution in [3.05, 3.63) is 59.3 Å². The molecule has 1 atom stereocenters. The Bertz CT molecular complexity index is 1140. The molecule has 0 radical (unpaired) electrons. The molecule has 4 rings (SSSR count). The van der Waals surface area contributed by atoms with Crippen LogP contribution in [0.4, 0.5) is 25.0 Å². The number of aromatic nitrogens is 2. The lowest BCUT2D eigenvalue weighted by atomic mass is 10.1. The van der Waals surface area contributed by atoms with Crippen LogP contribution < -0.4 is 15.4 Å². The second-order valence-corrected chi connectivity index (χ2v) is 8.12. The summed E-state index contributed by atoms with van der Waals surface area (Å²) in [6.45, 7) is 4.71. The summed E-state index contributed by atoms with van der Waals surface area (Å²) in [5.74, 6) is -1.22. The maximum Gasteiger partial charge on any atom is 0.323 e. The molecule has 34 heavy (non-hydrogen) atoms. The number of nitrogens with one attached hydrogen (secondary N) is 2. The highest BCUT2D eigenvalue weighted by atomic mass is 35.5. The maximum absolute atomic E-state index is 13.9. The molecule has 11 heteroatoms. The molecule has 3 aromatic rings. The van der Waals surface area contributed by atoms with Crippen molar-refractivity contribution in [1.29, 1.82) is 0 Å². The molecule has 2 N–H and O–H groups in total. The number of benzene rings is 2. The summed E-state index contributed by atoms with van der Waals surface area (Å²) in [5.41, 5.74) is 1.03.